The van der Waals surface area contributed by atoms with Gasteiger partial charge in [0, 0.05) is 5.10 Å². The Kier molecular flexibility index (Phi) is 2.95. The van der Waals surface area contributed by atoms with E-state index < -0.39 is 10.9 Å². The second-order valence-electron chi connectivity index (χ2n) is 2.77. The van der Waals surface area contributed by atoms with Gasteiger partial charge in [0.2, 0.25) is 12.2 Å². The van der Waals surface area contributed by atoms with E-state index in [9.17, 15) is 10.1 Å². The normalized spacial score (nSPS) is 10.2. The van der Waals surface area contributed by atoms with Gasteiger partial charge in [0.15, 0.2) is 0 Å². The van der Waals surface area contributed by atoms with E-state index >= 15 is 0 Å². The van der Waals surface area contributed by atoms with E-state index in [4.69, 9.17) is 4.74 Å². The van der Waals surface area contributed by atoms with Gasteiger partial charge in [-0.1, -0.05) is 4.98 Å². The molecule has 0 amide bonds. The predicted molar refractivity (Wildman–Crippen MR) is 57.9 cm³/mol. The van der Waals surface area contributed by atoms with Crippen LogP contribution in [0.4, 0.5) is 5.95 Å². The van der Waals surface area contributed by atoms with E-state index in [1.54, 1.807) is 0 Å². The van der Waals surface area contributed by atoms with Gasteiger partial charge in [-0.15, -0.1) is 4.68 Å². The largest absolute Gasteiger partial charge is 0.491 e. The Morgan fingerprint density at radius 3 is 2.88 bits per heavy atom. The van der Waals surface area contributed by atoms with E-state index in [2.05, 4.69) is 36.0 Å². The lowest BCUT2D eigenvalue weighted by Gasteiger charge is -2.01. The summed E-state index contributed by atoms with van der Waals surface area (Å²) in [5.41, 5.74) is 0. The van der Waals surface area contributed by atoms with Crippen molar-refractivity contribution in [3.05, 3.63) is 27.1 Å². The highest BCUT2D eigenvalue weighted by atomic mass is 79.9. The zero-order valence-electron chi connectivity index (χ0n) is 8.44. The average molecular weight is 301 g/mol. The molecule has 0 aliphatic carbocycles. The third-order valence-electron chi connectivity index (χ3n) is 1.74. The first-order valence-electron chi connectivity index (χ1n) is 4.25. The Bertz CT molecular complexity index is 570. The fourth-order valence-corrected chi connectivity index (χ4v) is 1.38. The summed E-state index contributed by atoms with van der Waals surface area (Å²) in [5, 5.41) is 14.0. The number of aromatic nitrogens is 5. The molecule has 2 aromatic rings. The van der Waals surface area contributed by atoms with E-state index in [0.717, 1.165) is 11.0 Å². The molecule has 0 aromatic carbocycles. The summed E-state index contributed by atoms with van der Waals surface area (Å²) in [6.07, 6.45) is 2.61. The molecule has 2 heterocycles. The first-order chi connectivity index (χ1) is 8.11. The zero-order valence-corrected chi connectivity index (χ0v) is 10.0. The minimum atomic E-state index is -0.702. The first-order valence-corrected chi connectivity index (χ1v) is 5.04. The number of nitrogens with zero attached hydrogens (tertiary/aromatic N) is 6. The lowest BCUT2D eigenvalue weighted by atomic mass is 10.6. The molecular formula is C7H5BrN6O3. The molecule has 0 fully saturated rings. The van der Waals surface area contributed by atoms with Crippen molar-refractivity contribution in [2.75, 3.05) is 7.11 Å². The van der Waals surface area contributed by atoms with Crippen LogP contribution < -0.4 is 4.74 Å². The van der Waals surface area contributed by atoms with Crippen LogP contribution >= 0.6 is 15.9 Å². The Morgan fingerprint density at radius 1 is 1.53 bits per heavy atom. The molecule has 0 radical (unpaired) electrons. The van der Waals surface area contributed by atoms with E-state index in [1.165, 1.54) is 13.3 Å². The monoisotopic (exact) mass is 300 g/mol. The van der Waals surface area contributed by atoms with Crippen molar-refractivity contribution < 1.29 is 9.66 Å². The molecule has 0 N–H and O–H groups in total. The van der Waals surface area contributed by atoms with Gasteiger partial charge in [-0.25, -0.2) is 4.98 Å². The van der Waals surface area contributed by atoms with Crippen molar-refractivity contribution in [3.63, 3.8) is 0 Å². The van der Waals surface area contributed by atoms with Crippen molar-refractivity contribution in [3.8, 4) is 11.8 Å². The molecule has 0 spiro atoms. The Morgan fingerprint density at radius 2 is 2.29 bits per heavy atom. The number of hydrogen-bond acceptors (Lipinski definition) is 7. The molecule has 0 saturated carbocycles. The number of hydrogen-bond donors (Lipinski definition) is 0. The maximum absolute atomic E-state index is 10.4. The lowest BCUT2D eigenvalue weighted by molar-refractivity contribution is -0.394. The number of ether oxygens (including phenoxy) is 1. The second-order valence-corrected chi connectivity index (χ2v) is 3.63. The van der Waals surface area contributed by atoms with E-state index in [1.807, 2.05) is 0 Å². The van der Waals surface area contributed by atoms with Crippen LogP contribution in [0.1, 0.15) is 0 Å². The highest BCUT2D eigenvalue weighted by Crippen LogP contribution is 2.21. The molecule has 0 aliphatic rings. The van der Waals surface area contributed by atoms with Crippen LogP contribution in [0.3, 0.4) is 0 Å². The topological polar surface area (TPSA) is 109 Å². The Hall–Kier alpha value is -2.10. The van der Waals surface area contributed by atoms with Crippen LogP contribution in [0.15, 0.2) is 17.0 Å². The van der Waals surface area contributed by atoms with E-state index in [0.29, 0.717) is 10.4 Å². The smallest absolute Gasteiger partial charge is 0.480 e. The molecule has 0 unspecified atom stereocenters. The molecule has 88 valence electrons. The summed E-state index contributed by atoms with van der Waals surface area (Å²) in [5.74, 6) is -0.0886. The van der Waals surface area contributed by atoms with Crippen LogP contribution in [-0.4, -0.2) is 36.8 Å². The molecule has 10 heteroatoms. The molecule has 0 aliphatic heterocycles. The van der Waals surface area contributed by atoms with Gasteiger partial charge < -0.3 is 14.9 Å². The summed E-state index contributed by atoms with van der Waals surface area (Å²) < 4.78 is 6.63. The van der Waals surface area contributed by atoms with Gasteiger partial charge in [0.25, 0.3) is 5.95 Å². The predicted octanol–water partition coefficient (Wildman–Crippen LogP) is 0.737. The van der Waals surface area contributed by atoms with Crippen molar-refractivity contribution in [2.24, 2.45) is 0 Å². The van der Waals surface area contributed by atoms with Crippen molar-refractivity contribution in [1.29, 1.82) is 0 Å². The van der Waals surface area contributed by atoms with Gasteiger partial charge >= 0.3 is 5.95 Å². The minimum Gasteiger partial charge on any atom is -0.480 e. The van der Waals surface area contributed by atoms with Gasteiger partial charge in [0.05, 0.1) is 17.8 Å². The van der Waals surface area contributed by atoms with Gasteiger partial charge in [0.1, 0.15) is 0 Å². The standard InChI is InChI=1S/C7H5BrN6O3/c1-17-5-4(8)2-9-6(11-5)13-3-10-7(12-13)14(15)16/h2-3H,1H3. The number of rotatable bonds is 3. The fraction of sp³-hybridized carbons (Fsp3) is 0.143. The van der Waals surface area contributed by atoms with Crippen LogP contribution in [0.25, 0.3) is 5.95 Å². The lowest BCUT2D eigenvalue weighted by Crippen LogP contribution is -2.04. The van der Waals surface area contributed by atoms with Gasteiger partial charge in [-0.05, 0) is 20.9 Å². The summed E-state index contributed by atoms with van der Waals surface area (Å²) in [6.45, 7) is 0. The second kappa shape index (κ2) is 4.41. The Labute approximate surface area is 103 Å². The molecule has 2 rings (SSSR count). The molecule has 0 bridgehead atoms. The van der Waals surface area contributed by atoms with Crippen molar-refractivity contribution in [1.82, 2.24) is 24.7 Å². The van der Waals surface area contributed by atoms with Crippen molar-refractivity contribution >= 4 is 21.9 Å². The van der Waals surface area contributed by atoms with Crippen LogP contribution in [0.2, 0.25) is 0 Å². The quantitative estimate of drug-likeness (QED) is 0.607. The zero-order chi connectivity index (χ0) is 12.4. The highest BCUT2D eigenvalue weighted by molar-refractivity contribution is 9.10. The summed E-state index contributed by atoms with van der Waals surface area (Å²) in [7, 11) is 1.45. The summed E-state index contributed by atoms with van der Waals surface area (Å²) >= 11 is 3.19. The molecule has 0 atom stereocenters. The maximum Gasteiger partial charge on any atom is 0.491 e. The summed E-state index contributed by atoms with van der Waals surface area (Å²) in [4.78, 5) is 21.1. The maximum atomic E-state index is 10.4. The van der Waals surface area contributed by atoms with Crippen molar-refractivity contribution in [2.45, 2.75) is 0 Å². The van der Waals surface area contributed by atoms with Crippen LogP contribution in [0, 0.1) is 10.1 Å². The molecule has 2 aromatic heterocycles. The Balaban J connectivity index is 2.42. The number of halogens is 1. The fourth-order valence-electron chi connectivity index (χ4n) is 1.03. The van der Waals surface area contributed by atoms with Crippen LogP contribution in [0.5, 0.6) is 5.88 Å². The third kappa shape index (κ3) is 2.20. The van der Waals surface area contributed by atoms with Gasteiger partial charge in [-0.3, -0.25) is 0 Å². The van der Waals surface area contributed by atoms with Gasteiger partial charge in [-0.2, -0.15) is 4.98 Å². The van der Waals surface area contributed by atoms with Crippen LogP contribution in [-0.2, 0) is 0 Å². The molecule has 17 heavy (non-hydrogen) atoms. The average Bonchev–Trinajstić information content (AvgIpc) is 2.79. The van der Waals surface area contributed by atoms with E-state index in [-0.39, 0.29) is 5.95 Å². The highest BCUT2D eigenvalue weighted by Gasteiger charge is 2.17. The summed E-state index contributed by atoms with van der Waals surface area (Å²) in [6, 6.07) is 0. The SMILES string of the molecule is COc1nc(-n2cnc([N+](=O)[O-])n2)ncc1Br. The number of methoxy groups -OCH3 is 1. The number of nitro groups is 1. The molecular weight excluding hydrogens is 296 g/mol. The molecule has 9 nitrogen and oxygen atoms in total. The molecule has 0 saturated heterocycles. The third-order valence-corrected chi connectivity index (χ3v) is 2.28. The first kappa shape index (κ1) is 11.4. The minimum absolute atomic E-state index is 0.130.